The predicted octanol–water partition coefficient (Wildman–Crippen LogP) is 3.78. The molecular weight excluding hydrogens is 298 g/mol. The van der Waals surface area contributed by atoms with Gasteiger partial charge in [0.1, 0.15) is 0 Å². The Bertz CT molecular complexity index is 711. The summed E-state index contributed by atoms with van der Waals surface area (Å²) < 4.78 is 0. The van der Waals surface area contributed by atoms with Gasteiger partial charge in [-0.25, -0.2) is 0 Å². The second-order valence-corrected chi connectivity index (χ2v) is 6.67. The summed E-state index contributed by atoms with van der Waals surface area (Å²) in [5.41, 5.74) is 9.11. The number of nitrogens with two attached hydrogens (primary N) is 1. The minimum Gasteiger partial charge on any atom is -0.399 e. The molecule has 0 saturated carbocycles. The molecule has 1 saturated heterocycles. The van der Waals surface area contributed by atoms with Crippen LogP contribution in [0.4, 0.5) is 17.1 Å². The van der Waals surface area contributed by atoms with Gasteiger partial charge in [-0.1, -0.05) is 19.1 Å². The van der Waals surface area contributed by atoms with Crippen LogP contribution >= 0.6 is 0 Å². The molecule has 3 rings (SSSR count). The van der Waals surface area contributed by atoms with E-state index in [-0.39, 0.29) is 5.91 Å². The van der Waals surface area contributed by atoms with E-state index in [1.807, 2.05) is 25.2 Å². The van der Waals surface area contributed by atoms with Gasteiger partial charge in [-0.05, 0) is 55.2 Å². The monoisotopic (exact) mass is 323 g/mol. The Hall–Kier alpha value is -2.49. The van der Waals surface area contributed by atoms with Crippen LogP contribution in [0.5, 0.6) is 0 Å². The molecule has 4 heteroatoms. The van der Waals surface area contributed by atoms with E-state index in [1.54, 1.807) is 29.2 Å². The minimum atomic E-state index is -0.0208. The van der Waals surface area contributed by atoms with Crippen LogP contribution in [0.15, 0.2) is 48.5 Å². The molecule has 0 bridgehead atoms. The normalized spacial score (nSPS) is 17.6. The third-order valence-electron chi connectivity index (χ3n) is 4.70. The van der Waals surface area contributed by atoms with Crippen LogP contribution < -0.4 is 15.5 Å². The molecule has 2 aromatic rings. The maximum atomic E-state index is 12.8. The molecule has 2 aromatic carbocycles. The average Bonchev–Trinajstić information content (AvgIpc) is 2.61. The standard InChI is InChI=1S/C20H25N3O/c1-15-6-5-13-23(14-15)19-8-4-3-7-18(19)22(2)20(24)16-9-11-17(21)12-10-16/h3-4,7-12,15H,5-6,13-14,21H2,1-2H3. The highest BCUT2D eigenvalue weighted by Gasteiger charge is 2.22. The van der Waals surface area contributed by atoms with Crippen molar-refractivity contribution in [2.75, 3.05) is 35.7 Å². The predicted molar refractivity (Wildman–Crippen MR) is 101 cm³/mol. The van der Waals surface area contributed by atoms with E-state index < -0.39 is 0 Å². The lowest BCUT2D eigenvalue weighted by molar-refractivity contribution is 0.0993. The first-order valence-electron chi connectivity index (χ1n) is 8.54. The van der Waals surface area contributed by atoms with Gasteiger partial charge in [-0.15, -0.1) is 0 Å². The maximum Gasteiger partial charge on any atom is 0.258 e. The third kappa shape index (κ3) is 3.37. The molecule has 0 radical (unpaired) electrons. The van der Waals surface area contributed by atoms with Gasteiger partial charge >= 0.3 is 0 Å². The van der Waals surface area contributed by atoms with Crippen LogP contribution in [-0.4, -0.2) is 26.0 Å². The van der Waals surface area contributed by atoms with Crippen molar-refractivity contribution < 1.29 is 4.79 Å². The molecule has 4 nitrogen and oxygen atoms in total. The molecule has 0 aliphatic carbocycles. The molecule has 0 spiro atoms. The van der Waals surface area contributed by atoms with Gasteiger partial charge in [-0.3, -0.25) is 4.79 Å². The van der Waals surface area contributed by atoms with E-state index in [2.05, 4.69) is 17.9 Å². The Morgan fingerprint density at radius 3 is 2.58 bits per heavy atom. The van der Waals surface area contributed by atoms with Crippen molar-refractivity contribution in [2.45, 2.75) is 19.8 Å². The fraction of sp³-hybridized carbons (Fsp3) is 0.350. The Labute approximate surface area is 143 Å². The first-order chi connectivity index (χ1) is 11.6. The highest BCUT2D eigenvalue weighted by molar-refractivity contribution is 6.07. The number of amides is 1. The number of piperidine rings is 1. The SMILES string of the molecule is CC1CCCN(c2ccccc2N(C)C(=O)c2ccc(N)cc2)C1. The number of carbonyl (C=O) groups excluding carboxylic acids is 1. The van der Waals surface area contributed by atoms with Crippen LogP contribution in [0.1, 0.15) is 30.1 Å². The van der Waals surface area contributed by atoms with E-state index in [0.717, 1.165) is 24.5 Å². The number of nitrogen functional groups attached to an aromatic ring is 1. The maximum absolute atomic E-state index is 12.8. The Balaban J connectivity index is 1.88. The minimum absolute atomic E-state index is 0.0208. The molecule has 1 atom stereocenters. The molecule has 1 aliphatic heterocycles. The van der Waals surface area contributed by atoms with Gasteiger partial charge in [0.15, 0.2) is 0 Å². The summed E-state index contributed by atoms with van der Waals surface area (Å²) in [6.07, 6.45) is 2.48. The summed E-state index contributed by atoms with van der Waals surface area (Å²) in [4.78, 5) is 17.0. The fourth-order valence-corrected chi connectivity index (χ4v) is 3.35. The molecule has 126 valence electrons. The molecule has 1 fully saturated rings. The topological polar surface area (TPSA) is 49.6 Å². The Morgan fingerprint density at radius 2 is 1.88 bits per heavy atom. The van der Waals surface area contributed by atoms with Crippen LogP contribution in [0.2, 0.25) is 0 Å². The number of para-hydroxylation sites is 2. The molecule has 24 heavy (non-hydrogen) atoms. The molecular formula is C20H25N3O. The number of benzene rings is 2. The number of nitrogens with zero attached hydrogens (tertiary/aromatic N) is 2. The number of carbonyl (C=O) groups is 1. The molecule has 1 amide bonds. The van der Waals surface area contributed by atoms with Crippen LogP contribution in [-0.2, 0) is 0 Å². The lowest BCUT2D eigenvalue weighted by Crippen LogP contribution is -2.36. The van der Waals surface area contributed by atoms with E-state index in [4.69, 9.17) is 5.73 Å². The summed E-state index contributed by atoms with van der Waals surface area (Å²) in [7, 11) is 1.84. The van der Waals surface area contributed by atoms with E-state index in [1.165, 1.54) is 12.8 Å². The van der Waals surface area contributed by atoms with Crippen molar-refractivity contribution in [3.63, 3.8) is 0 Å². The van der Waals surface area contributed by atoms with E-state index >= 15 is 0 Å². The zero-order valence-corrected chi connectivity index (χ0v) is 14.4. The first kappa shape index (κ1) is 16.4. The summed E-state index contributed by atoms with van der Waals surface area (Å²) in [6.45, 7) is 4.38. The van der Waals surface area contributed by atoms with Gasteiger partial charge in [0.2, 0.25) is 0 Å². The lowest BCUT2D eigenvalue weighted by atomic mass is 9.99. The van der Waals surface area contributed by atoms with Gasteiger partial charge in [0.25, 0.3) is 5.91 Å². The number of hydrogen-bond donors (Lipinski definition) is 1. The molecule has 1 heterocycles. The number of hydrogen-bond acceptors (Lipinski definition) is 3. The van der Waals surface area contributed by atoms with Crippen LogP contribution in [0, 0.1) is 5.92 Å². The molecule has 1 unspecified atom stereocenters. The highest BCUT2D eigenvalue weighted by Crippen LogP contribution is 2.32. The van der Waals surface area contributed by atoms with Crippen molar-refractivity contribution in [1.82, 2.24) is 0 Å². The van der Waals surface area contributed by atoms with Crippen LogP contribution in [0.25, 0.3) is 0 Å². The smallest absolute Gasteiger partial charge is 0.258 e. The van der Waals surface area contributed by atoms with Gasteiger partial charge in [0, 0.05) is 31.4 Å². The lowest BCUT2D eigenvalue weighted by Gasteiger charge is -2.35. The summed E-state index contributed by atoms with van der Waals surface area (Å²) >= 11 is 0. The molecule has 0 aromatic heterocycles. The average molecular weight is 323 g/mol. The zero-order valence-electron chi connectivity index (χ0n) is 14.4. The van der Waals surface area contributed by atoms with Crippen molar-refractivity contribution >= 4 is 23.0 Å². The largest absolute Gasteiger partial charge is 0.399 e. The van der Waals surface area contributed by atoms with Crippen molar-refractivity contribution in [3.8, 4) is 0 Å². The Morgan fingerprint density at radius 1 is 1.17 bits per heavy atom. The second kappa shape index (κ2) is 6.95. The van der Waals surface area contributed by atoms with Crippen LogP contribution in [0.3, 0.4) is 0 Å². The van der Waals surface area contributed by atoms with Gasteiger partial charge in [0.05, 0.1) is 11.4 Å². The quantitative estimate of drug-likeness (QED) is 0.875. The summed E-state index contributed by atoms with van der Waals surface area (Å²) in [5, 5.41) is 0. The molecule has 1 aliphatic rings. The van der Waals surface area contributed by atoms with Crippen molar-refractivity contribution in [3.05, 3.63) is 54.1 Å². The fourth-order valence-electron chi connectivity index (χ4n) is 3.35. The summed E-state index contributed by atoms with van der Waals surface area (Å²) in [5.74, 6) is 0.664. The zero-order chi connectivity index (χ0) is 17.1. The van der Waals surface area contributed by atoms with Gasteiger partial charge in [-0.2, -0.15) is 0 Å². The number of anilines is 3. The number of rotatable bonds is 3. The van der Waals surface area contributed by atoms with E-state index in [9.17, 15) is 4.79 Å². The van der Waals surface area contributed by atoms with Crippen molar-refractivity contribution in [2.24, 2.45) is 5.92 Å². The van der Waals surface area contributed by atoms with Crippen molar-refractivity contribution in [1.29, 1.82) is 0 Å². The highest BCUT2D eigenvalue weighted by atomic mass is 16.2. The first-order valence-corrected chi connectivity index (χ1v) is 8.54. The molecule has 2 N–H and O–H groups in total. The van der Waals surface area contributed by atoms with E-state index in [0.29, 0.717) is 17.2 Å². The third-order valence-corrected chi connectivity index (χ3v) is 4.70. The Kier molecular flexibility index (Phi) is 4.74. The summed E-state index contributed by atoms with van der Waals surface area (Å²) in [6, 6.07) is 15.2. The second-order valence-electron chi connectivity index (χ2n) is 6.67. The van der Waals surface area contributed by atoms with Gasteiger partial charge < -0.3 is 15.5 Å².